The predicted molar refractivity (Wildman–Crippen MR) is 66.8 cm³/mol. The zero-order valence-electron chi connectivity index (χ0n) is 10.9. The fourth-order valence-electron chi connectivity index (χ4n) is 2.55. The highest BCUT2D eigenvalue weighted by atomic mass is 19.4. The molecule has 106 valence electrons. The molecular formula is C14H18F3NO. The number of rotatable bonds is 4. The van der Waals surface area contributed by atoms with Crippen molar-refractivity contribution < 1.29 is 17.9 Å². The van der Waals surface area contributed by atoms with E-state index in [0.717, 1.165) is 33.0 Å². The normalized spacial score (nSPS) is 18.7. The molecular weight excluding hydrogens is 255 g/mol. The summed E-state index contributed by atoms with van der Waals surface area (Å²) in [4.78, 5) is 2.18. The van der Waals surface area contributed by atoms with Crippen molar-refractivity contribution >= 4 is 0 Å². The summed E-state index contributed by atoms with van der Waals surface area (Å²) in [6.07, 6.45) is -3.98. The lowest BCUT2D eigenvalue weighted by atomic mass is 10.0. The van der Waals surface area contributed by atoms with E-state index < -0.39 is 12.3 Å². The number of hydrogen-bond acceptors (Lipinski definition) is 2. The summed E-state index contributed by atoms with van der Waals surface area (Å²) in [5.41, 5.74) is 0.929. The van der Waals surface area contributed by atoms with Gasteiger partial charge in [-0.3, -0.25) is 4.90 Å². The van der Waals surface area contributed by atoms with Crippen molar-refractivity contribution in [2.45, 2.75) is 31.7 Å². The molecule has 0 amide bonds. The van der Waals surface area contributed by atoms with Crippen LogP contribution in [0.1, 0.15) is 30.1 Å². The molecule has 1 aromatic rings. The molecule has 19 heavy (non-hydrogen) atoms. The minimum absolute atomic E-state index is 0.226. The van der Waals surface area contributed by atoms with Crippen LogP contribution in [-0.2, 0) is 11.3 Å². The molecule has 0 N–H and O–H groups in total. The molecule has 0 aromatic heterocycles. The number of alkyl halides is 3. The first-order chi connectivity index (χ1) is 9.02. The molecule has 1 unspecified atom stereocenters. The second-order valence-corrected chi connectivity index (χ2v) is 4.84. The van der Waals surface area contributed by atoms with Gasteiger partial charge in [0.15, 0.2) is 6.10 Å². The lowest BCUT2D eigenvalue weighted by Gasteiger charge is -2.24. The molecule has 0 radical (unpaired) electrons. The highest BCUT2D eigenvalue weighted by Crippen LogP contribution is 2.37. The molecule has 5 heteroatoms. The summed E-state index contributed by atoms with van der Waals surface area (Å²) in [5.74, 6) is 0. The lowest BCUT2D eigenvalue weighted by molar-refractivity contribution is -0.216. The van der Waals surface area contributed by atoms with Gasteiger partial charge >= 0.3 is 6.18 Å². The number of likely N-dealkylation sites (tertiary alicyclic amines) is 1. The first kappa shape index (κ1) is 14.3. The van der Waals surface area contributed by atoms with Gasteiger partial charge in [-0.15, -0.1) is 0 Å². The van der Waals surface area contributed by atoms with Gasteiger partial charge in [0.2, 0.25) is 0 Å². The van der Waals surface area contributed by atoms with Crippen molar-refractivity contribution in [3.8, 4) is 0 Å². The van der Waals surface area contributed by atoms with Gasteiger partial charge in [0.1, 0.15) is 0 Å². The molecule has 1 aliphatic rings. The molecule has 0 bridgehead atoms. The van der Waals surface area contributed by atoms with Crippen LogP contribution in [0.4, 0.5) is 13.2 Å². The quantitative estimate of drug-likeness (QED) is 0.832. The van der Waals surface area contributed by atoms with Crippen molar-refractivity contribution in [1.82, 2.24) is 4.90 Å². The van der Waals surface area contributed by atoms with E-state index >= 15 is 0 Å². The topological polar surface area (TPSA) is 12.5 Å². The maximum atomic E-state index is 13.0. The number of benzene rings is 1. The van der Waals surface area contributed by atoms with Crippen LogP contribution in [0.5, 0.6) is 0 Å². The molecule has 2 rings (SSSR count). The van der Waals surface area contributed by atoms with Crippen molar-refractivity contribution in [2.24, 2.45) is 0 Å². The number of hydrogen-bond donors (Lipinski definition) is 0. The third-order valence-corrected chi connectivity index (χ3v) is 3.46. The van der Waals surface area contributed by atoms with E-state index in [9.17, 15) is 13.2 Å². The number of methoxy groups -OCH3 is 1. The Labute approximate surface area is 111 Å². The van der Waals surface area contributed by atoms with Gasteiger partial charge in [-0.2, -0.15) is 13.2 Å². The summed E-state index contributed by atoms with van der Waals surface area (Å²) in [6, 6.07) is 6.66. The Bertz CT molecular complexity index is 413. The van der Waals surface area contributed by atoms with Crippen molar-refractivity contribution in [1.29, 1.82) is 0 Å². The number of ether oxygens (including phenoxy) is 1. The van der Waals surface area contributed by atoms with Gasteiger partial charge in [0.05, 0.1) is 0 Å². The Kier molecular flexibility index (Phi) is 4.47. The van der Waals surface area contributed by atoms with Crippen molar-refractivity contribution in [3.63, 3.8) is 0 Å². The summed E-state index contributed by atoms with van der Waals surface area (Å²) in [6.45, 7) is 2.47. The zero-order valence-corrected chi connectivity index (χ0v) is 10.9. The van der Waals surface area contributed by atoms with Crippen LogP contribution >= 0.6 is 0 Å². The number of nitrogens with zero attached hydrogens (tertiary/aromatic N) is 1. The molecule has 1 fully saturated rings. The maximum absolute atomic E-state index is 13.0. The molecule has 0 saturated carbocycles. The van der Waals surface area contributed by atoms with Crippen LogP contribution < -0.4 is 0 Å². The minimum Gasteiger partial charge on any atom is -0.367 e. The third-order valence-electron chi connectivity index (χ3n) is 3.46. The lowest BCUT2D eigenvalue weighted by Crippen LogP contribution is -2.26. The molecule has 2 nitrogen and oxygen atoms in total. The van der Waals surface area contributed by atoms with E-state index in [1.54, 1.807) is 18.2 Å². The van der Waals surface area contributed by atoms with E-state index in [2.05, 4.69) is 9.64 Å². The SMILES string of the molecule is COC(c1ccccc1CN1CCCC1)C(F)(F)F. The van der Waals surface area contributed by atoms with Crippen LogP contribution in [0.3, 0.4) is 0 Å². The maximum Gasteiger partial charge on any atom is 0.418 e. The molecule has 1 heterocycles. The Morgan fingerprint density at radius 1 is 1.21 bits per heavy atom. The average molecular weight is 273 g/mol. The largest absolute Gasteiger partial charge is 0.418 e. The van der Waals surface area contributed by atoms with Gasteiger partial charge in [0.25, 0.3) is 0 Å². The van der Waals surface area contributed by atoms with Crippen LogP contribution in [0.15, 0.2) is 24.3 Å². The van der Waals surface area contributed by atoms with Gasteiger partial charge in [0, 0.05) is 13.7 Å². The van der Waals surface area contributed by atoms with Gasteiger partial charge in [-0.25, -0.2) is 0 Å². The van der Waals surface area contributed by atoms with Crippen LogP contribution in [0.2, 0.25) is 0 Å². The van der Waals surface area contributed by atoms with Gasteiger partial charge in [-0.05, 0) is 37.1 Å². The fraction of sp³-hybridized carbons (Fsp3) is 0.571. The highest BCUT2D eigenvalue weighted by molar-refractivity contribution is 5.30. The Hall–Kier alpha value is -1.07. The van der Waals surface area contributed by atoms with Crippen LogP contribution in [0, 0.1) is 0 Å². The van der Waals surface area contributed by atoms with Crippen LogP contribution in [-0.4, -0.2) is 31.3 Å². The second kappa shape index (κ2) is 5.92. The average Bonchev–Trinajstić information content (AvgIpc) is 2.83. The van der Waals surface area contributed by atoms with E-state index in [-0.39, 0.29) is 5.56 Å². The molecule has 0 spiro atoms. The Morgan fingerprint density at radius 3 is 2.42 bits per heavy atom. The molecule has 1 saturated heterocycles. The van der Waals surface area contributed by atoms with Crippen LogP contribution in [0.25, 0.3) is 0 Å². The first-order valence-corrected chi connectivity index (χ1v) is 6.42. The van der Waals surface area contributed by atoms with E-state index in [1.165, 1.54) is 6.07 Å². The second-order valence-electron chi connectivity index (χ2n) is 4.84. The summed E-state index contributed by atoms with van der Waals surface area (Å²) in [7, 11) is 1.10. The highest BCUT2D eigenvalue weighted by Gasteiger charge is 2.42. The third kappa shape index (κ3) is 3.48. The monoisotopic (exact) mass is 273 g/mol. The van der Waals surface area contributed by atoms with E-state index in [1.807, 2.05) is 0 Å². The summed E-state index contributed by atoms with van der Waals surface area (Å²) < 4.78 is 43.5. The van der Waals surface area contributed by atoms with Gasteiger partial charge < -0.3 is 4.74 Å². The standard InChI is InChI=1S/C14H18F3NO/c1-19-13(14(15,16)17)12-7-3-2-6-11(12)10-18-8-4-5-9-18/h2-3,6-7,13H,4-5,8-10H2,1H3. The van der Waals surface area contributed by atoms with Crippen molar-refractivity contribution in [2.75, 3.05) is 20.2 Å². The summed E-state index contributed by atoms with van der Waals surface area (Å²) >= 11 is 0. The fourth-order valence-corrected chi connectivity index (χ4v) is 2.55. The first-order valence-electron chi connectivity index (χ1n) is 6.42. The van der Waals surface area contributed by atoms with Gasteiger partial charge in [-0.1, -0.05) is 24.3 Å². The predicted octanol–water partition coefficient (Wildman–Crippen LogP) is 3.53. The smallest absolute Gasteiger partial charge is 0.367 e. The Balaban J connectivity index is 2.23. The van der Waals surface area contributed by atoms with E-state index in [4.69, 9.17) is 0 Å². The molecule has 0 aliphatic carbocycles. The molecule has 1 aromatic carbocycles. The van der Waals surface area contributed by atoms with E-state index in [0.29, 0.717) is 12.1 Å². The molecule has 1 aliphatic heterocycles. The Morgan fingerprint density at radius 2 is 1.84 bits per heavy atom. The number of halogens is 3. The zero-order chi connectivity index (χ0) is 13.9. The molecule has 1 atom stereocenters. The van der Waals surface area contributed by atoms with Crippen molar-refractivity contribution in [3.05, 3.63) is 35.4 Å². The minimum atomic E-state index is -4.38. The summed E-state index contributed by atoms with van der Waals surface area (Å²) in [5, 5.41) is 0.